The highest BCUT2D eigenvalue weighted by Crippen LogP contribution is 2.49. The Bertz CT molecular complexity index is 1520. The summed E-state index contributed by atoms with van der Waals surface area (Å²) in [5.41, 5.74) is 5.89. The van der Waals surface area contributed by atoms with Crippen LogP contribution in [0.4, 0.5) is 0 Å². The third-order valence-electron chi connectivity index (χ3n) is 6.63. The largest absolute Gasteiger partial charge is 0.342 e. The highest BCUT2D eigenvalue weighted by atomic mass is 31.2. The van der Waals surface area contributed by atoms with Gasteiger partial charge >= 0.3 is 0 Å². The van der Waals surface area contributed by atoms with Crippen LogP contribution in [0.5, 0.6) is 0 Å². The maximum Gasteiger partial charge on any atom is 0.245 e. The van der Waals surface area contributed by atoms with Crippen molar-refractivity contribution >= 4 is 18.8 Å². The van der Waals surface area contributed by atoms with Gasteiger partial charge in [0.15, 0.2) is 0 Å². The van der Waals surface area contributed by atoms with Gasteiger partial charge in [0.2, 0.25) is 7.37 Å². The Labute approximate surface area is 235 Å². The Hall–Kier alpha value is -4.37. The molecule has 2 unspecified atom stereocenters. The Kier molecular flexibility index (Phi) is 8.93. The summed E-state index contributed by atoms with van der Waals surface area (Å²) in [7, 11) is -3.93. The van der Waals surface area contributed by atoms with Gasteiger partial charge in [-0.05, 0) is 5.56 Å². The lowest BCUT2D eigenvalue weighted by Gasteiger charge is -2.21. The molecule has 0 aliphatic carbocycles. The van der Waals surface area contributed by atoms with Gasteiger partial charge < -0.3 is 4.89 Å². The van der Waals surface area contributed by atoms with Crippen molar-refractivity contribution in [2.45, 2.75) is 12.2 Å². The third kappa shape index (κ3) is 6.98. The first kappa shape index (κ1) is 27.2. The average Bonchev–Trinajstić information content (AvgIpc) is 3.01. The zero-order chi connectivity index (χ0) is 27.6. The predicted octanol–water partition coefficient (Wildman–Crippen LogP) is 7.86. The average molecular weight is 543 g/mol. The van der Waals surface area contributed by atoms with Crippen LogP contribution in [0.25, 0.3) is 0 Å². The van der Waals surface area contributed by atoms with Crippen molar-refractivity contribution in [2.24, 2.45) is 9.98 Å². The number of nitrogens with zero attached hydrogens (tertiary/aromatic N) is 2. The van der Waals surface area contributed by atoms with Gasteiger partial charge in [-0.2, -0.15) is 0 Å². The summed E-state index contributed by atoms with van der Waals surface area (Å²) in [6.45, 7) is 0. The van der Waals surface area contributed by atoms with Crippen LogP contribution in [0.2, 0.25) is 0 Å². The van der Waals surface area contributed by atoms with Crippen molar-refractivity contribution in [1.82, 2.24) is 0 Å². The first-order chi connectivity index (χ1) is 19.6. The van der Waals surface area contributed by atoms with Crippen LogP contribution in [0.15, 0.2) is 162 Å². The first-order valence-corrected chi connectivity index (χ1v) is 15.2. The second-order valence-corrected chi connectivity index (χ2v) is 11.9. The van der Waals surface area contributed by atoms with Gasteiger partial charge in [0.25, 0.3) is 0 Å². The predicted molar refractivity (Wildman–Crippen MR) is 166 cm³/mol. The second kappa shape index (κ2) is 13.1. The van der Waals surface area contributed by atoms with Crippen LogP contribution in [-0.4, -0.2) is 28.4 Å². The van der Waals surface area contributed by atoms with Gasteiger partial charge in [0.1, 0.15) is 12.1 Å². The minimum atomic E-state index is -3.93. The summed E-state index contributed by atoms with van der Waals surface area (Å²) >= 11 is 0. The minimum Gasteiger partial charge on any atom is -0.342 e. The smallest absolute Gasteiger partial charge is 0.245 e. The molecule has 5 aromatic rings. The van der Waals surface area contributed by atoms with E-state index >= 15 is 0 Å². The Balaban J connectivity index is 1.59. The van der Waals surface area contributed by atoms with Gasteiger partial charge in [-0.1, -0.05) is 152 Å². The molecule has 0 aliphatic heterocycles. The molecule has 0 spiro atoms. The molecule has 5 heteroatoms. The zero-order valence-corrected chi connectivity index (χ0v) is 23.0. The molecular weight excluding hydrogens is 511 g/mol. The molecule has 0 saturated heterocycles. The Morgan fingerprint density at radius 3 is 1.30 bits per heavy atom. The summed E-state index contributed by atoms with van der Waals surface area (Å²) < 4.78 is 14.2. The first-order valence-electron chi connectivity index (χ1n) is 13.3. The molecule has 40 heavy (non-hydrogen) atoms. The fraction of sp³-hybridized carbons (Fsp3) is 0.0857. The van der Waals surface area contributed by atoms with Crippen molar-refractivity contribution < 1.29 is 9.46 Å². The molecule has 0 amide bonds. The number of hydrogen-bond donors (Lipinski definition) is 1. The standard InChI is InChI=1S/C35H31N2O2P/c38-40(39,27-36-34(29-18-8-2-9-19-29)30-20-10-3-11-21-30)33(26-28-16-6-1-7-17-28)37-35(31-22-12-4-13-23-31)32-24-14-5-15-25-32/h1-25,33H,26-27H2,(H,38,39). The summed E-state index contributed by atoms with van der Waals surface area (Å²) in [4.78, 5) is 21.5. The second-order valence-electron chi connectivity index (χ2n) is 9.52. The molecule has 0 fully saturated rings. The number of aliphatic imine (C=N–C) groups is 2. The van der Waals surface area contributed by atoms with E-state index in [4.69, 9.17) is 9.98 Å². The van der Waals surface area contributed by atoms with E-state index < -0.39 is 13.2 Å². The Morgan fingerprint density at radius 1 is 0.550 bits per heavy atom. The van der Waals surface area contributed by atoms with E-state index in [-0.39, 0.29) is 6.29 Å². The van der Waals surface area contributed by atoms with Crippen molar-refractivity contribution in [3.05, 3.63) is 179 Å². The van der Waals surface area contributed by atoms with Gasteiger partial charge in [0.05, 0.1) is 11.4 Å². The maximum atomic E-state index is 14.2. The Morgan fingerprint density at radius 2 is 0.900 bits per heavy atom. The number of rotatable bonds is 10. The van der Waals surface area contributed by atoms with Crippen molar-refractivity contribution in [1.29, 1.82) is 0 Å². The molecule has 1 N–H and O–H groups in total. The van der Waals surface area contributed by atoms with E-state index in [1.165, 1.54) is 0 Å². The van der Waals surface area contributed by atoms with Crippen molar-refractivity contribution in [2.75, 3.05) is 6.29 Å². The van der Waals surface area contributed by atoms with E-state index in [2.05, 4.69) is 0 Å². The van der Waals surface area contributed by atoms with Crippen LogP contribution >= 0.6 is 7.37 Å². The molecule has 0 aliphatic rings. The number of benzene rings is 5. The van der Waals surface area contributed by atoms with Crippen LogP contribution in [0.3, 0.4) is 0 Å². The van der Waals surface area contributed by atoms with Gasteiger partial charge in [-0.15, -0.1) is 0 Å². The molecule has 0 radical (unpaired) electrons. The molecule has 5 rings (SSSR count). The lowest BCUT2D eigenvalue weighted by atomic mass is 10.0. The summed E-state index contributed by atoms with van der Waals surface area (Å²) in [6, 6.07) is 48.9. The number of hydrogen-bond acceptors (Lipinski definition) is 3. The van der Waals surface area contributed by atoms with E-state index in [1.807, 2.05) is 152 Å². The SMILES string of the molecule is O=P(O)(CN=C(c1ccccc1)c1ccccc1)C(Cc1ccccc1)N=C(c1ccccc1)c1ccccc1. The van der Waals surface area contributed by atoms with Crippen LogP contribution in [0.1, 0.15) is 27.8 Å². The molecule has 2 atom stereocenters. The fourth-order valence-electron chi connectivity index (χ4n) is 4.57. The lowest BCUT2D eigenvalue weighted by molar-refractivity contribution is 0.463. The highest BCUT2D eigenvalue weighted by molar-refractivity contribution is 7.58. The molecule has 198 valence electrons. The van der Waals surface area contributed by atoms with E-state index in [9.17, 15) is 9.46 Å². The summed E-state index contributed by atoms with van der Waals surface area (Å²) in [5.74, 6) is -0.887. The van der Waals surface area contributed by atoms with Crippen molar-refractivity contribution in [3.63, 3.8) is 0 Å². The minimum absolute atomic E-state index is 0.246. The molecular formula is C35H31N2O2P. The van der Waals surface area contributed by atoms with Crippen molar-refractivity contribution in [3.8, 4) is 0 Å². The highest BCUT2D eigenvalue weighted by Gasteiger charge is 2.32. The summed E-state index contributed by atoms with van der Waals surface area (Å²) in [6.07, 6.45) is 0.0727. The fourth-order valence-corrected chi connectivity index (χ4v) is 5.89. The van der Waals surface area contributed by atoms with E-state index in [0.717, 1.165) is 27.8 Å². The normalized spacial score (nSPS) is 13.0. The van der Waals surface area contributed by atoms with E-state index in [1.54, 1.807) is 0 Å². The molecule has 0 bridgehead atoms. The topological polar surface area (TPSA) is 62.0 Å². The van der Waals surface area contributed by atoms with Crippen LogP contribution in [0, 0.1) is 0 Å². The molecule has 5 aromatic carbocycles. The van der Waals surface area contributed by atoms with Gasteiger partial charge in [0, 0.05) is 28.7 Å². The third-order valence-corrected chi connectivity index (χ3v) is 8.40. The quantitative estimate of drug-likeness (QED) is 0.144. The molecule has 0 heterocycles. The van der Waals surface area contributed by atoms with Crippen LogP contribution in [-0.2, 0) is 11.0 Å². The monoisotopic (exact) mass is 542 g/mol. The van der Waals surface area contributed by atoms with Gasteiger partial charge in [-0.3, -0.25) is 14.5 Å². The van der Waals surface area contributed by atoms with E-state index in [0.29, 0.717) is 17.8 Å². The lowest BCUT2D eigenvalue weighted by Crippen LogP contribution is -2.17. The molecule has 4 nitrogen and oxygen atoms in total. The maximum absolute atomic E-state index is 14.2. The zero-order valence-electron chi connectivity index (χ0n) is 22.1. The van der Waals surface area contributed by atoms with Gasteiger partial charge in [-0.25, -0.2) is 0 Å². The molecule has 0 aromatic heterocycles. The van der Waals surface area contributed by atoms with Crippen LogP contribution < -0.4 is 0 Å². The molecule has 0 saturated carbocycles. The summed E-state index contributed by atoms with van der Waals surface area (Å²) in [5, 5.41) is 0.